The van der Waals surface area contributed by atoms with Crippen LogP contribution in [0.15, 0.2) is 54.4 Å². The molecule has 0 unspecified atom stereocenters. The van der Waals surface area contributed by atoms with Gasteiger partial charge < -0.3 is 10.5 Å². The number of nitrogens with two attached hydrogens (primary N) is 1. The van der Waals surface area contributed by atoms with Gasteiger partial charge in [-0.15, -0.1) is 0 Å². The van der Waals surface area contributed by atoms with Crippen LogP contribution in [-0.4, -0.2) is 6.50 Å². The van der Waals surface area contributed by atoms with E-state index in [1.165, 1.54) is 6.92 Å². The summed E-state index contributed by atoms with van der Waals surface area (Å²) in [5.41, 5.74) is 4.09. The van der Waals surface area contributed by atoms with Crippen LogP contribution in [0, 0.1) is 6.92 Å². The molecule has 0 amide bonds. The highest BCUT2D eigenvalue weighted by Gasteiger charge is 2.11. The molecule has 0 heterocycles. The molecule has 18 heavy (non-hydrogen) atoms. The quantitative estimate of drug-likeness (QED) is 0.888. The molecule has 0 radical (unpaired) electrons. The van der Waals surface area contributed by atoms with Crippen molar-refractivity contribution in [2.24, 2.45) is 5.73 Å². The Morgan fingerprint density at radius 1 is 1.22 bits per heavy atom. The second-order valence-corrected chi connectivity index (χ2v) is 3.15. The van der Waals surface area contributed by atoms with Gasteiger partial charge >= 0.3 is 0 Å². The molecule has 2 aromatic rings. The Hall–Kier alpha value is -1.80. The Morgan fingerprint density at radius 3 is 2.50 bits per heavy atom. The Labute approximate surface area is 128 Å². The van der Waals surface area contributed by atoms with Crippen LogP contribution in [0.2, 0.25) is 0 Å². The lowest BCUT2D eigenvalue weighted by molar-refractivity contribution is 0.198. The lowest BCUT2D eigenvalue weighted by Gasteiger charge is -2.19. The third-order valence-electron chi connectivity index (χ3n) is 1.84. The molecule has 0 aliphatic heterocycles. The summed E-state index contributed by atoms with van der Waals surface area (Å²) in [4.78, 5) is 0. The number of ether oxygens (including phenoxy) is 1. The predicted molar refractivity (Wildman–Crippen MR) is 74.7 cm³/mol. The van der Waals surface area contributed by atoms with Gasteiger partial charge in [0.05, 0.1) is 13.7 Å². The normalized spacial score (nSPS) is 26.6. The number of hydrogen-bond donors (Lipinski definition) is 1. The third-order valence-corrected chi connectivity index (χ3v) is 1.84. The molecule has 0 spiro atoms. The van der Waals surface area contributed by atoms with Crippen molar-refractivity contribution >= 4 is 0 Å². The van der Waals surface area contributed by atoms with E-state index in [0.29, 0.717) is 0 Å². The topological polar surface area (TPSA) is 35.2 Å². The van der Waals surface area contributed by atoms with E-state index in [2.05, 4.69) is 0 Å². The molecular weight excluding hydrogens is 222 g/mol. The van der Waals surface area contributed by atoms with Gasteiger partial charge in [0.2, 0.25) is 0 Å². The van der Waals surface area contributed by atoms with E-state index in [4.69, 9.17) is 29.7 Å². The Balaban J connectivity index is 3.03. The molecule has 0 saturated heterocycles. The van der Waals surface area contributed by atoms with Gasteiger partial charge in [0, 0.05) is 11.9 Å². The van der Waals surface area contributed by atoms with Crippen LogP contribution in [0.1, 0.15) is 42.8 Å². The van der Waals surface area contributed by atoms with Gasteiger partial charge in [-0.05, 0) is 31.1 Å². The van der Waals surface area contributed by atoms with Gasteiger partial charge in [0.1, 0.15) is 11.8 Å². The van der Waals surface area contributed by atoms with E-state index in [-0.39, 0.29) is 5.56 Å². The first-order valence-corrected chi connectivity index (χ1v) is 4.95. The average molecular weight is 255 g/mol. The zero-order chi connectivity index (χ0) is 25.1. The first-order valence-electron chi connectivity index (χ1n) is 11.9. The fourth-order valence-corrected chi connectivity index (χ4v) is 1.08. The smallest absolute Gasteiger partial charge is 0.125 e. The van der Waals surface area contributed by atoms with Gasteiger partial charge in [-0.3, -0.25) is 0 Å². The lowest BCUT2D eigenvalue weighted by Crippen LogP contribution is -2.13. The number of benzene rings is 2. The van der Waals surface area contributed by atoms with Gasteiger partial charge in [-0.1, -0.05) is 47.9 Å². The van der Waals surface area contributed by atoms with Crippen molar-refractivity contribution in [1.29, 1.82) is 0 Å². The fraction of sp³-hybridized carbons (Fsp3) is 0.250. The van der Waals surface area contributed by atoms with E-state index >= 15 is 0 Å². The third kappa shape index (κ3) is 3.34. The molecule has 0 saturated carbocycles. The van der Waals surface area contributed by atoms with Crippen molar-refractivity contribution in [3.05, 3.63) is 65.5 Å². The summed E-state index contributed by atoms with van der Waals surface area (Å²) in [5, 5.41) is 0. The monoisotopic (exact) mass is 255 g/mol. The van der Waals surface area contributed by atoms with Crippen LogP contribution >= 0.6 is 0 Å². The Morgan fingerprint density at radius 2 is 1.89 bits per heavy atom. The van der Waals surface area contributed by atoms with E-state index in [1.54, 1.807) is 0 Å². The molecule has 1 atom stereocenters. The van der Waals surface area contributed by atoms with E-state index in [0.717, 1.165) is 0 Å². The second kappa shape index (κ2) is 6.22. The van der Waals surface area contributed by atoms with Crippen molar-refractivity contribution in [2.75, 3.05) is 6.50 Å². The minimum absolute atomic E-state index is 0.0806. The largest absolute Gasteiger partial charge is 0.486 e. The molecule has 0 aliphatic rings. The van der Waals surface area contributed by atoms with Gasteiger partial charge in [-0.2, -0.15) is 0 Å². The summed E-state index contributed by atoms with van der Waals surface area (Å²) >= 11 is 0. The highest BCUT2D eigenvalue weighted by atomic mass is 16.5. The van der Waals surface area contributed by atoms with E-state index < -0.39 is 84.6 Å². The van der Waals surface area contributed by atoms with Crippen LogP contribution in [-0.2, 0) is 0 Å². The van der Waals surface area contributed by atoms with Crippen molar-refractivity contribution < 1.29 is 23.9 Å². The van der Waals surface area contributed by atoms with Crippen LogP contribution in [0.5, 0.6) is 5.75 Å². The molecule has 2 aromatic carbocycles. The SMILES string of the molecule is [2H]c1c([2H])c([2H])c([C@]([2H])(Oc2c([2H])c([2H])c(C)c([2H])c2[2H])C([2H])([2H])C([2H])([2H])N)c([2H])c1[2H]. The van der Waals surface area contributed by atoms with Crippen molar-refractivity contribution in [2.45, 2.75) is 19.4 Å². The van der Waals surface area contributed by atoms with Crippen LogP contribution < -0.4 is 10.5 Å². The molecule has 2 heteroatoms. The van der Waals surface area contributed by atoms with Crippen molar-refractivity contribution in [1.82, 2.24) is 0 Å². The first kappa shape index (κ1) is 3.84. The van der Waals surface area contributed by atoms with Crippen molar-refractivity contribution in [3.8, 4) is 5.75 Å². The first-order chi connectivity index (χ1) is 14.3. The van der Waals surface area contributed by atoms with Crippen molar-refractivity contribution in [3.63, 3.8) is 0 Å². The van der Waals surface area contributed by atoms with Gasteiger partial charge in [-0.25, -0.2) is 0 Å². The van der Waals surface area contributed by atoms with E-state index in [1.807, 2.05) is 0 Å². The molecule has 94 valence electrons. The highest BCUT2D eigenvalue weighted by molar-refractivity contribution is 5.28. The summed E-state index contributed by atoms with van der Waals surface area (Å²) in [5.74, 6) is -0.972. The lowest BCUT2D eigenvalue weighted by atomic mass is 10.1. The zero-order valence-corrected chi connectivity index (χ0v) is 9.49. The molecule has 2 N–H and O–H groups in total. The Bertz CT molecular complexity index is 1040. The summed E-state index contributed by atoms with van der Waals surface area (Å²) in [7, 11) is 0. The van der Waals surface area contributed by atoms with E-state index in [9.17, 15) is 0 Å². The standard InChI is InChI=1S/C16H19NO/c1-13-7-9-15(10-8-13)18-16(11-12-17)14-5-3-2-4-6-14/h2-10,16H,11-12,17H2,1H3/t16-/m1/s1/i2D,3D,4D,5D,6D,7D,8D,9D,10D,11D2,12D2,16D. The summed E-state index contributed by atoms with van der Waals surface area (Å²) in [6.45, 7) is -2.09. The number of hydrogen-bond acceptors (Lipinski definition) is 2. The maximum absolute atomic E-state index is 8.72. The van der Waals surface area contributed by atoms with Gasteiger partial charge in [0.15, 0.2) is 0 Å². The highest BCUT2D eigenvalue weighted by Crippen LogP contribution is 2.24. The molecule has 2 rings (SSSR count). The molecule has 0 aromatic heterocycles. The fourth-order valence-electron chi connectivity index (χ4n) is 1.08. The Kier molecular flexibility index (Phi) is 1.33. The van der Waals surface area contributed by atoms with Crippen LogP contribution in [0.25, 0.3) is 0 Å². The molecule has 0 fully saturated rings. The second-order valence-electron chi connectivity index (χ2n) is 3.15. The minimum Gasteiger partial charge on any atom is -0.486 e. The summed E-state index contributed by atoms with van der Waals surface area (Å²) in [6.07, 6.45) is -7.15. The predicted octanol–water partition coefficient (Wildman–Crippen LogP) is 3.46. The zero-order valence-electron chi connectivity index (χ0n) is 23.5. The van der Waals surface area contributed by atoms with Crippen LogP contribution in [0.3, 0.4) is 0 Å². The van der Waals surface area contributed by atoms with Crippen LogP contribution in [0.4, 0.5) is 0 Å². The molecular formula is C16H19NO. The maximum Gasteiger partial charge on any atom is 0.125 e. The molecule has 0 bridgehead atoms. The van der Waals surface area contributed by atoms with Gasteiger partial charge in [0.25, 0.3) is 0 Å². The summed E-state index contributed by atoms with van der Waals surface area (Å²) < 4.78 is 117. The number of rotatable bonds is 5. The molecule has 2 nitrogen and oxygen atoms in total. The minimum atomic E-state index is -3.62. The maximum atomic E-state index is 8.72. The summed E-state index contributed by atoms with van der Waals surface area (Å²) in [6, 6.07) is -7.77. The average Bonchev–Trinajstić information content (AvgIpc) is 2.70. The molecule has 0 aliphatic carbocycles.